The molecule has 0 fully saturated rings. The summed E-state index contributed by atoms with van der Waals surface area (Å²) in [4.78, 5) is 0. The molecule has 0 bridgehead atoms. The molecule has 0 radical (unpaired) electrons. The zero-order valence-electron chi connectivity index (χ0n) is 33.1. The van der Waals surface area contributed by atoms with Gasteiger partial charge in [-0.25, -0.2) is 0 Å². The van der Waals surface area contributed by atoms with E-state index in [4.69, 9.17) is 0 Å². The van der Waals surface area contributed by atoms with Crippen molar-refractivity contribution in [2.75, 3.05) is 0 Å². The summed E-state index contributed by atoms with van der Waals surface area (Å²) in [5.74, 6) is 0. The lowest BCUT2D eigenvalue weighted by Crippen LogP contribution is -2.15. The summed E-state index contributed by atoms with van der Waals surface area (Å²) in [6, 6.07) is 50.6. The van der Waals surface area contributed by atoms with Crippen LogP contribution in [0.25, 0.3) is 88.4 Å². The first-order valence-corrected chi connectivity index (χ1v) is 19.8. The van der Waals surface area contributed by atoms with Crippen molar-refractivity contribution in [1.82, 2.24) is 9.13 Å². The second kappa shape index (κ2) is 14.8. The van der Waals surface area contributed by atoms with Gasteiger partial charge in [-0.15, -0.1) is 0 Å². The van der Waals surface area contributed by atoms with Crippen LogP contribution in [-0.2, 0) is 12.4 Å². The van der Waals surface area contributed by atoms with Gasteiger partial charge in [-0.05, 0) is 101 Å². The lowest BCUT2D eigenvalue weighted by atomic mass is 9.91. The van der Waals surface area contributed by atoms with Gasteiger partial charge in [0.15, 0.2) is 0 Å². The van der Waals surface area contributed by atoms with E-state index in [-0.39, 0.29) is 16.9 Å². The Morgan fingerprint density at radius 3 is 1.19 bits per heavy atom. The van der Waals surface area contributed by atoms with Gasteiger partial charge in [0.05, 0.1) is 67.8 Å². The normalized spacial score (nSPS) is 11.9. The zero-order chi connectivity index (χ0) is 44.5. The minimum atomic E-state index is -5.20. The van der Waals surface area contributed by atoms with Crippen molar-refractivity contribution in [3.8, 4) is 63.0 Å². The second-order valence-electron chi connectivity index (χ2n) is 15.3. The maximum atomic E-state index is 15.1. The molecule has 0 aliphatic heterocycles. The number of benzene rings is 8. The first-order valence-electron chi connectivity index (χ1n) is 19.8. The Bertz CT molecular complexity index is 3470. The summed E-state index contributed by atoms with van der Waals surface area (Å²) in [5, 5.41) is 33.6. The van der Waals surface area contributed by atoms with E-state index in [1.165, 1.54) is 12.1 Å². The van der Waals surface area contributed by atoms with E-state index in [2.05, 4.69) is 18.2 Å². The fraction of sp³-hybridized carbons (Fsp3) is 0.0377. The van der Waals surface area contributed by atoms with E-state index in [9.17, 15) is 15.8 Å². The van der Waals surface area contributed by atoms with Crippen LogP contribution in [0.4, 0.5) is 26.3 Å². The molecule has 10 aromatic rings. The highest BCUT2D eigenvalue weighted by Gasteiger charge is 2.41. The molecule has 64 heavy (non-hydrogen) atoms. The Morgan fingerprint density at radius 2 is 0.766 bits per heavy atom. The lowest BCUT2D eigenvalue weighted by Gasteiger charge is -2.22. The predicted octanol–water partition coefficient (Wildman–Crippen LogP) is 14.5. The molecule has 8 aromatic carbocycles. The first-order chi connectivity index (χ1) is 30.9. The van der Waals surface area contributed by atoms with Gasteiger partial charge in [-0.2, -0.15) is 42.1 Å². The van der Waals surface area contributed by atoms with Crippen molar-refractivity contribution in [3.05, 3.63) is 192 Å². The molecule has 0 spiro atoms. The van der Waals surface area contributed by atoms with Crippen LogP contribution in [0.2, 0.25) is 0 Å². The number of para-hydroxylation sites is 2. The number of nitriles is 3. The van der Waals surface area contributed by atoms with Crippen molar-refractivity contribution in [2.45, 2.75) is 12.4 Å². The number of alkyl halides is 6. The number of nitrogens with zero attached hydrogens (tertiary/aromatic N) is 5. The predicted molar refractivity (Wildman–Crippen MR) is 236 cm³/mol. The number of hydrogen-bond donors (Lipinski definition) is 0. The van der Waals surface area contributed by atoms with Gasteiger partial charge in [0.2, 0.25) is 0 Å². The van der Waals surface area contributed by atoms with Gasteiger partial charge in [0.25, 0.3) is 0 Å². The van der Waals surface area contributed by atoms with Gasteiger partial charge < -0.3 is 9.13 Å². The van der Waals surface area contributed by atoms with Crippen molar-refractivity contribution in [1.29, 1.82) is 15.8 Å². The maximum absolute atomic E-state index is 15.1. The van der Waals surface area contributed by atoms with Crippen molar-refractivity contribution >= 4 is 43.6 Å². The van der Waals surface area contributed by atoms with Crippen LogP contribution in [0, 0.1) is 34.0 Å². The number of aromatic nitrogens is 2. The summed E-state index contributed by atoms with van der Waals surface area (Å²) in [5.41, 5.74) is 1.27. The fourth-order valence-electron chi connectivity index (χ4n) is 8.92. The Balaban J connectivity index is 1.39. The highest BCUT2D eigenvalue weighted by atomic mass is 19.4. The topological polar surface area (TPSA) is 81.2 Å². The lowest BCUT2D eigenvalue weighted by molar-refractivity contribution is -0.142. The van der Waals surface area contributed by atoms with Crippen molar-refractivity contribution < 1.29 is 26.3 Å². The SMILES string of the molecule is N#Cc1cccc(-c2ccc3c4ccccc4n(-c4cc(-c5c(C(F)(F)F)cccc5C(F)(F)F)cc(-n5c6ccccc6c6ccc(-c7cccc(C#N)c7)cc65)c4C#N)c3c2)c1. The molecule has 5 nitrogen and oxygen atoms in total. The quantitative estimate of drug-likeness (QED) is 0.162. The van der Waals surface area contributed by atoms with E-state index in [0.29, 0.717) is 78.4 Å². The minimum Gasteiger partial charge on any atom is -0.308 e. The standard InChI is InChI=1S/C53H27F6N5/c54-52(55,56)43-14-7-15-44(53(57,58)59)51(43)37-26-49(63-45-16-3-1-12-38(45)40-20-18-35(24-47(40)63)33-10-5-8-31(22-33)28-60)42(30-62)50(27-37)64-46-17-4-2-13-39(46)41-21-19-36(25-48(41)64)34-11-6-9-32(23-34)29-61/h1-27H. The van der Waals surface area contributed by atoms with Gasteiger partial charge in [0, 0.05) is 27.1 Å². The van der Waals surface area contributed by atoms with E-state index in [1.54, 1.807) is 69.8 Å². The van der Waals surface area contributed by atoms with Crippen LogP contribution in [-0.4, -0.2) is 9.13 Å². The molecule has 2 aromatic heterocycles. The van der Waals surface area contributed by atoms with Gasteiger partial charge in [0.1, 0.15) is 11.6 Å². The molecule has 0 saturated carbocycles. The third kappa shape index (κ3) is 6.40. The second-order valence-corrected chi connectivity index (χ2v) is 15.3. The molecular weight excluding hydrogens is 821 g/mol. The van der Waals surface area contributed by atoms with Crippen LogP contribution in [0.15, 0.2) is 164 Å². The highest BCUT2D eigenvalue weighted by Crippen LogP contribution is 2.48. The van der Waals surface area contributed by atoms with E-state index < -0.39 is 34.6 Å². The Morgan fingerprint density at radius 1 is 0.359 bits per heavy atom. The highest BCUT2D eigenvalue weighted by molar-refractivity contribution is 6.12. The maximum Gasteiger partial charge on any atom is 0.417 e. The summed E-state index contributed by atoms with van der Waals surface area (Å²) in [7, 11) is 0. The summed E-state index contributed by atoms with van der Waals surface area (Å²) in [6.07, 6.45) is -10.4. The molecule has 2 heterocycles. The smallest absolute Gasteiger partial charge is 0.308 e. The largest absolute Gasteiger partial charge is 0.417 e. The van der Waals surface area contributed by atoms with E-state index in [0.717, 1.165) is 16.8 Å². The summed E-state index contributed by atoms with van der Waals surface area (Å²) >= 11 is 0. The number of fused-ring (bicyclic) bond motifs is 6. The molecule has 0 aliphatic carbocycles. The zero-order valence-corrected chi connectivity index (χ0v) is 33.1. The van der Waals surface area contributed by atoms with Gasteiger partial charge in [-0.3, -0.25) is 0 Å². The average molecular weight is 848 g/mol. The molecule has 0 unspecified atom stereocenters. The van der Waals surface area contributed by atoms with Crippen LogP contribution in [0.1, 0.15) is 27.8 Å². The molecule has 306 valence electrons. The third-order valence-corrected chi connectivity index (χ3v) is 11.7. The van der Waals surface area contributed by atoms with Crippen molar-refractivity contribution in [2.24, 2.45) is 0 Å². The third-order valence-electron chi connectivity index (χ3n) is 11.7. The fourth-order valence-corrected chi connectivity index (χ4v) is 8.92. The summed E-state index contributed by atoms with van der Waals surface area (Å²) < 4.78 is 93.9. The first kappa shape index (κ1) is 39.5. The van der Waals surface area contributed by atoms with Crippen LogP contribution in [0.3, 0.4) is 0 Å². The van der Waals surface area contributed by atoms with E-state index >= 15 is 26.3 Å². The van der Waals surface area contributed by atoms with Crippen LogP contribution < -0.4 is 0 Å². The molecule has 0 aliphatic rings. The summed E-state index contributed by atoms with van der Waals surface area (Å²) in [6.45, 7) is 0. The molecule has 0 atom stereocenters. The average Bonchev–Trinajstić information content (AvgIpc) is 3.82. The number of hydrogen-bond acceptors (Lipinski definition) is 3. The van der Waals surface area contributed by atoms with Crippen LogP contribution in [0.5, 0.6) is 0 Å². The molecule has 0 amide bonds. The number of halogens is 6. The van der Waals surface area contributed by atoms with Crippen LogP contribution >= 0.6 is 0 Å². The van der Waals surface area contributed by atoms with Gasteiger partial charge >= 0.3 is 12.4 Å². The molecule has 11 heteroatoms. The number of rotatable bonds is 5. The molecule has 0 saturated heterocycles. The Hall–Kier alpha value is -8.59. The minimum absolute atomic E-state index is 0.0270. The van der Waals surface area contributed by atoms with Crippen molar-refractivity contribution in [3.63, 3.8) is 0 Å². The Labute approximate surface area is 360 Å². The van der Waals surface area contributed by atoms with E-state index in [1.807, 2.05) is 72.8 Å². The monoisotopic (exact) mass is 847 g/mol. The molecule has 0 N–H and O–H groups in total. The molecule has 10 rings (SSSR count). The molecular formula is C53H27F6N5. The van der Waals surface area contributed by atoms with Gasteiger partial charge in [-0.1, -0.05) is 91.0 Å². The Kier molecular flexibility index (Phi) is 9.14.